The van der Waals surface area contributed by atoms with E-state index in [2.05, 4.69) is 19.2 Å². The highest BCUT2D eigenvalue weighted by Gasteiger charge is 2.27. The number of amides is 2. The van der Waals surface area contributed by atoms with Gasteiger partial charge in [0.15, 0.2) is 0 Å². The normalized spacial score (nSPS) is 13.9. The van der Waals surface area contributed by atoms with Gasteiger partial charge < -0.3 is 15.3 Å². The molecule has 5 heteroatoms. The fraction of sp³-hybridized carbons (Fsp3) is 0.867. The van der Waals surface area contributed by atoms with E-state index in [0.29, 0.717) is 19.0 Å². The molecule has 0 aromatic carbocycles. The summed E-state index contributed by atoms with van der Waals surface area (Å²) in [6, 6.07) is -1.09. The molecule has 0 aromatic heterocycles. The molecule has 1 unspecified atom stereocenters. The fourth-order valence-electron chi connectivity index (χ4n) is 2.12. The van der Waals surface area contributed by atoms with Gasteiger partial charge in [0.05, 0.1) is 0 Å². The van der Waals surface area contributed by atoms with Crippen molar-refractivity contribution in [3.63, 3.8) is 0 Å². The molecule has 0 aromatic rings. The van der Waals surface area contributed by atoms with Gasteiger partial charge in [0.25, 0.3) is 0 Å². The maximum absolute atomic E-state index is 12.2. The van der Waals surface area contributed by atoms with Crippen molar-refractivity contribution in [2.45, 2.75) is 59.9 Å². The van der Waals surface area contributed by atoms with Crippen LogP contribution in [-0.2, 0) is 4.79 Å². The van der Waals surface area contributed by atoms with E-state index in [1.54, 1.807) is 4.90 Å². The van der Waals surface area contributed by atoms with Gasteiger partial charge in [-0.2, -0.15) is 0 Å². The van der Waals surface area contributed by atoms with Gasteiger partial charge in [0.2, 0.25) is 0 Å². The lowest BCUT2D eigenvalue weighted by atomic mass is 9.99. The Morgan fingerprint density at radius 2 is 1.65 bits per heavy atom. The summed E-state index contributed by atoms with van der Waals surface area (Å²) in [6.07, 6.45) is 2.76. The van der Waals surface area contributed by atoms with Crippen molar-refractivity contribution in [1.82, 2.24) is 10.2 Å². The number of hydrogen-bond donors (Lipinski definition) is 2. The maximum Gasteiger partial charge on any atom is 0.326 e. The highest BCUT2D eigenvalue weighted by Crippen LogP contribution is 2.12. The second kappa shape index (κ2) is 9.61. The van der Waals surface area contributed by atoms with E-state index in [9.17, 15) is 14.7 Å². The summed E-state index contributed by atoms with van der Waals surface area (Å²) in [7, 11) is 0. The van der Waals surface area contributed by atoms with Crippen LogP contribution >= 0.6 is 0 Å². The fourth-order valence-corrected chi connectivity index (χ4v) is 2.12. The number of urea groups is 1. The molecule has 5 nitrogen and oxygen atoms in total. The van der Waals surface area contributed by atoms with E-state index >= 15 is 0 Å². The number of carboxylic acid groups (broad SMARTS) is 1. The van der Waals surface area contributed by atoms with Crippen LogP contribution in [0, 0.1) is 11.8 Å². The maximum atomic E-state index is 12.2. The summed E-state index contributed by atoms with van der Waals surface area (Å²) in [4.78, 5) is 25.2. The zero-order valence-electron chi connectivity index (χ0n) is 13.5. The van der Waals surface area contributed by atoms with Crippen molar-refractivity contribution in [2.75, 3.05) is 13.1 Å². The van der Waals surface area contributed by atoms with E-state index in [-0.39, 0.29) is 11.9 Å². The zero-order chi connectivity index (χ0) is 15.7. The van der Waals surface area contributed by atoms with Crippen LogP contribution in [0.25, 0.3) is 0 Å². The molecule has 0 saturated heterocycles. The topological polar surface area (TPSA) is 69.6 Å². The van der Waals surface area contributed by atoms with Crippen LogP contribution in [0.5, 0.6) is 0 Å². The van der Waals surface area contributed by atoms with Crippen LogP contribution in [0.1, 0.15) is 53.9 Å². The largest absolute Gasteiger partial charge is 0.480 e. The molecule has 0 radical (unpaired) electrons. The van der Waals surface area contributed by atoms with Gasteiger partial charge >= 0.3 is 12.0 Å². The SMILES string of the molecule is CCC(CC)CN(CC)C(=O)N[C@H](C(=O)O)C(C)CC. The van der Waals surface area contributed by atoms with Crippen molar-refractivity contribution in [3.05, 3.63) is 0 Å². The van der Waals surface area contributed by atoms with E-state index in [1.807, 2.05) is 20.8 Å². The Hall–Kier alpha value is -1.26. The number of carbonyl (C=O) groups excluding carboxylic acids is 1. The van der Waals surface area contributed by atoms with Crippen molar-refractivity contribution < 1.29 is 14.7 Å². The number of aliphatic carboxylic acids is 1. The predicted octanol–water partition coefficient (Wildman–Crippen LogP) is 2.95. The number of carboxylic acids is 1. The van der Waals surface area contributed by atoms with Gasteiger partial charge in [-0.3, -0.25) is 0 Å². The van der Waals surface area contributed by atoms with Crippen LogP contribution < -0.4 is 5.32 Å². The summed E-state index contributed by atoms with van der Waals surface area (Å²) in [5.74, 6) is -0.581. The number of nitrogens with zero attached hydrogens (tertiary/aromatic N) is 1. The first-order chi connectivity index (χ1) is 9.40. The summed E-state index contributed by atoms with van der Waals surface area (Å²) < 4.78 is 0. The number of rotatable bonds is 9. The van der Waals surface area contributed by atoms with Crippen LogP contribution in [0.4, 0.5) is 4.79 Å². The summed E-state index contributed by atoms with van der Waals surface area (Å²) >= 11 is 0. The Bertz CT molecular complexity index is 303. The quantitative estimate of drug-likeness (QED) is 0.684. The van der Waals surface area contributed by atoms with Crippen LogP contribution in [0.3, 0.4) is 0 Å². The molecule has 0 spiro atoms. The molecule has 0 aliphatic heterocycles. The highest BCUT2D eigenvalue weighted by atomic mass is 16.4. The average Bonchev–Trinajstić information content (AvgIpc) is 2.44. The Kier molecular flexibility index (Phi) is 9.01. The molecule has 0 saturated carbocycles. The zero-order valence-corrected chi connectivity index (χ0v) is 13.5. The van der Waals surface area contributed by atoms with Gasteiger partial charge in [0.1, 0.15) is 6.04 Å². The van der Waals surface area contributed by atoms with Crippen LogP contribution in [0.15, 0.2) is 0 Å². The predicted molar refractivity (Wildman–Crippen MR) is 80.7 cm³/mol. The minimum atomic E-state index is -0.966. The molecule has 0 rings (SSSR count). The number of hydrogen-bond acceptors (Lipinski definition) is 2. The molecule has 0 aliphatic carbocycles. The summed E-state index contributed by atoms with van der Waals surface area (Å²) in [6.45, 7) is 11.2. The third-order valence-electron chi connectivity index (χ3n) is 4.06. The van der Waals surface area contributed by atoms with E-state index < -0.39 is 12.0 Å². The molecule has 0 aliphatic rings. The Morgan fingerprint density at radius 1 is 1.10 bits per heavy atom. The summed E-state index contributed by atoms with van der Waals surface area (Å²) in [5, 5.41) is 11.9. The minimum Gasteiger partial charge on any atom is -0.480 e. The number of carbonyl (C=O) groups is 2. The highest BCUT2D eigenvalue weighted by molar-refractivity contribution is 5.82. The van der Waals surface area contributed by atoms with Crippen molar-refractivity contribution in [2.24, 2.45) is 11.8 Å². The van der Waals surface area contributed by atoms with Gasteiger partial charge in [-0.1, -0.05) is 47.0 Å². The molecule has 0 bridgehead atoms. The Morgan fingerprint density at radius 3 is 2.00 bits per heavy atom. The van der Waals surface area contributed by atoms with Crippen molar-refractivity contribution in [3.8, 4) is 0 Å². The van der Waals surface area contributed by atoms with E-state index in [1.165, 1.54) is 0 Å². The van der Waals surface area contributed by atoms with Gasteiger partial charge in [-0.15, -0.1) is 0 Å². The third kappa shape index (κ3) is 5.80. The first-order valence-electron chi connectivity index (χ1n) is 7.69. The second-order valence-corrected chi connectivity index (χ2v) is 5.37. The summed E-state index contributed by atoms with van der Waals surface area (Å²) in [5.41, 5.74) is 0. The Balaban J connectivity index is 4.70. The van der Waals surface area contributed by atoms with E-state index in [0.717, 1.165) is 19.3 Å². The molecule has 118 valence electrons. The van der Waals surface area contributed by atoms with Gasteiger partial charge in [-0.05, 0) is 18.8 Å². The molecule has 0 heterocycles. The monoisotopic (exact) mass is 286 g/mol. The molecular formula is C15H30N2O3. The van der Waals surface area contributed by atoms with Gasteiger partial charge in [-0.25, -0.2) is 9.59 Å². The van der Waals surface area contributed by atoms with Crippen LogP contribution in [-0.4, -0.2) is 41.1 Å². The molecular weight excluding hydrogens is 256 g/mol. The molecule has 2 amide bonds. The first kappa shape index (κ1) is 18.7. The third-order valence-corrected chi connectivity index (χ3v) is 4.06. The molecule has 0 fully saturated rings. The first-order valence-corrected chi connectivity index (χ1v) is 7.69. The van der Waals surface area contributed by atoms with E-state index in [4.69, 9.17) is 0 Å². The van der Waals surface area contributed by atoms with Gasteiger partial charge in [0, 0.05) is 13.1 Å². The lowest BCUT2D eigenvalue weighted by Crippen LogP contribution is -2.51. The molecule has 2 atom stereocenters. The van der Waals surface area contributed by atoms with Crippen LogP contribution in [0.2, 0.25) is 0 Å². The molecule has 20 heavy (non-hydrogen) atoms. The lowest BCUT2D eigenvalue weighted by Gasteiger charge is -2.28. The Labute approximate surface area is 122 Å². The standard InChI is InChI=1S/C15H30N2O3/c1-6-11(5)13(14(18)19)16-15(20)17(9-4)10-12(7-2)8-3/h11-13H,6-10H2,1-5H3,(H,16,20)(H,18,19)/t11?,13-/m0/s1. The van der Waals surface area contributed by atoms with Crippen molar-refractivity contribution >= 4 is 12.0 Å². The minimum absolute atomic E-state index is 0.0803. The lowest BCUT2D eigenvalue weighted by molar-refractivity contribution is -0.140. The van der Waals surface area contributed by atoms with Crippen molar-refractivity contribution in [1.29, 1.82) is 0 Å². The second-order valence-electron chi connectivity index (χ2n) is 5.37. The average molecular weight is 286 g/mol. The number of nitrogens with one attached hydrogen (secondary N) is 1. The smallest absolute Gasteiger partial charge is 0.326 e. The molecule has 2 N–H and O–H groups in total.